The quantitative estimate of drug-likeness (QED) is 0.416. The van der Waals surface area contributed by atoms with Crippen molar-refractivity contribution in [3.8, 4) is 22.6 Å². The van der Waals surface area contributed by atoms with Gasteiger partial charge in [-0.25, -0.2) is 4.98 Å². The first-order chi connectivity index (χ1) is 15.6. The highest BCUT2D eigenvalue weighted by atomic mass is 79.9. The van der Waals surface area contributed by atoms with Gasteiger partial charge in [0.25, 0.3) is 5.56 Å². The van der Waals surface area contributed by atoms with E-state index in [0.717, 1.165) is 57.6 Å². The molecular formula is C25H22BrN5O. The molecule has 0 atom stereocenters. The molecule has 2 aromatic carbocycles. The Kier molecular flexibility index (Phi) is 5.59. The van der Waals surface area contributed by atoms with E-state index >= 15 is 0 Å². The van der Waals surface area contributed by atoms with Crippen LogP contribution >= 0.6 is 15.9 Å². The van der Waals surface area contributed by atoms with Gasteiger partial charge in [0.15, 0.2) is 0 Å². The van der Waals surface area contributed by atoms with Gasteiger partial charge in [-0.05, 0) is 42.0 Å². The fraction of sp³-hybridized carbons (Fsp3) is 0.160. The first-order valence-electron chi connectivity index (χ1n) is 10.5. The zero-order valence-corrected chi connectivity index (χ0v) is 19.0. The highest BCUT2D eigenvalue weighted by Crippen LogP contribution is 2.27. The van der Waals surface area contributed by atoms with Crippen LogP contribution < -0.4 is 11.3 Å². The van der Waals surface area contributed by atoms with Gasteiger partial charge in [-0.15, -0.1) is 0 Å². The van der Waals surface area contributed by atoms with Crippen molar-refractivity contribution in [2.75, 3.05) is 12.3 Å². The van der Waals surface area contributed by atoms with Crippen LogP contribution in [0.15, 0.2) is 76.1 Å². The zero-order chi connectivity index (χ0) is 22.1. The molecule has 1 aliphatic heterocycles. The summed E-state index contributed by atoms with van der Waals surface area (Å²) in [6.45, 7) is 2.16. The molecule has 160 valence electrons. The van der Waals surface area contributed by atoms with E-state index in [1.165, 1.54) is 0 Å². The van der Waals surface area contributed by atoms with Crippen molar-refractivity contribution in [3.05, 3.63) is 98.5 Å². The van der Waals surface area contributed by atoms with Crippen LogP contribution in [0.2, 0.25) is 0 Å². The van der Waals surface area contributed by atoms with Crippen molar-refractivity contribution in [2.45, 2.75) is 19.5 Å². The van der Waals surface area contributed by atoms with Crippen molar-refractivity contribution in [2.24, 2.45) is 0 Å². The number of anilines is 1. The summed E-state index contributed by atoms with van der Waals surface area (Å²) in [5.74, 6) is 0.592. The molecule has 0 unspecified atom stereocenters. The maximum atomic E-state index is 12.8. The van der Waals surface area contributed by atoms with Gasteiger partial charge < -0.3 is 10.7 Å². The van der Waals surface area contributed by atoms with E-state index in [2.05, 4.69) is 36.9 Å². The minimum Gasteiger partial charge on any atom is -0.399 e. The average molecular weight is 488 g/mol. The smallest absolute Gasteiger partial charge is 0.255 e. The molecule has 0 spiro atoms. The summed E-state index contributed by atoms with van der Waals surface area (Å²) in [5, 5.41) is 0. The molecule has 4 aromatic rings. The van der Waals surface area contributed by atoms with Crippen LogP contribution in [0.3, 0.4) is 0 Å². The predicted octanol–water partition coefficient (Wildman–Crippen LogP) is 4.40. The monoisotopic (exact) mass is 487 g/mol. The van der Waals surface area contributed by atoms with Crippen molar-refractivity contribution in [3.63, 3.8) is 0 Å². The Morgan fingerprint density at radius 3 is 2.62 bits per heavy atom. The van der Waals surface area contributed by atoms with Crippen LogP contribution in [0.1, 0.15) is 16.8 Å². The Morgan fingerprint density at radius 2 is 1.88 bits per heavy atom. The molecule has 32 heavy (non-hydrogen) atoms. The molecule has 0 bridgehead atoms. The summed E-state index contributed by atoms with van der Waals surface area (Å²) in [4.78, 5) is 27.4. The first kappa shape index (κ1) is 20.6. The summed E-state index contributed by atoms with van der Waals surface area (Å²) in [7, 11) is 0. The number of H-pyrrole nitrogens is 1. The SMILES string of the molecule is Nc1ccc(-c2nc3c(c(=O)[nH]2)CN(Cc2ccc(-c4ccccc4Br)nc2)CC3)cc1. The van der Waals surface area contributed by atoms with Crippen LogP contribution in [-0.2, 0) is 19.5 Å². The number of nitrogen functional groups attached to an aromatic ring is 1. The fourth-order valence-electron chi connectivity index (χ4n) is 4.00. The second-order valence-corrected chi connectivity index (χ2v) is 8.81. The third kappa shape index (κ3) is 4.22. The maximum Gasteiger partial charge on any atom is 0.255 e. The third-order valence-corrected chi connectivity index (χ3v) is 6.40. The Balaban J connectivity index is 1.32. The summed E-state index contributed by atoms with van der Waals surface area (Å²) < 4.78 is 1.03. The van der Waals surface area contributed by atoms with Crippen molar-refractivity contribution in [1.82, 2.24) is 19.9 Å². The summed E-state index contributed by atoms with van der Waals surface area (Å²) in [6.07, 6.45) is 2.65. The number of halogens is 1. The van der Waals surface area contributed by atoms with Crippen LogP contribution in [0, 0.1) is 0 Å². The van der Waals surface area contributed by atoms with E-state index < -0.39 is 0 Å². The second kappa shape index (κ2) is 8.68. The molecule has 7 heteroatoms. The van der Waals surface area contributed by atoms with Crippen molar-refractivity contribution in [1.29, 1.82) is 0 Å². The molecular weight excluding hydrogens is 466 g/mol. The van der Waals surface area contributed by atoms with E-state index in [9.17, 15) is 4.79 Å². The summed E-state index contributed by atoms with van der Waals surface area (Å²) in [6, 6.07) is 19.6. The van der Waals surface area contributed by atoms with Crippen LogP contribution in [0.5, 0.6) is 0 Å². The third-order valence-electron chi connectivity index (χ3n) is 5.71. The highest BCUT2D eigenvalue weighted by Gasteiger charge is 2.21. The molecule has 2 aromatic heterocycles. The number of pyridine rings is 1. The summed E-state index contributed by atoms with van der Waals surface area (Å²) in [5.41, 5.74) is 12.0. The highest BCUT2D eigenvalue weighted by molar-refractivity contribution is 9.10. The minimum atomic E-state index is -0.0751. The average Bonchev–Trinajstić information content (AvgIpc) is 2.81. The van der Waals surface area contributed by atoms with Crippen molar-refractivity contribution < 1.29 is 0 Å². The molecule has 0 fully saturated rings. The number of nitrogens with one attached hydrogen (secondary N) is 1. The standard InChI is InChI=1S/C25H22BrN5O/c26-21-4-2-1-3-19(21)22-10-5-16(13-28-22)14-31-12-11-23-20(15-31)25(32)30-24(29-23)17-6-8-18(27)9-7-17/h1-10,13H,11-12,14-15,27H2,(H,29,30,32). The number of hydrogen-bond donors (Lipinski definition) is 2. The Bertz CT molecular complexity index is 1320. The van der Waals surface area contributed by atoms with Gasteiger partial charge in [-0.1, -0.05) is 40.2 Å². The number of benzene rings is 2. The molecule has 0 amide bonds. The summed E-state index contributed by atoms with van der Waals surface area (Å²) >= 11 is 3.58. The Morgan fingerprint density at radius 1 is 1.06 bits per heavy atom. The van der Waals surface area contributed by atoms with Crippen molar-refractivity contribution >= 4 is 21.6 Å². The van der Waals surface area contributed by atoms with E-state index in [-0.39, 0.29) is 5.56 Å². The van der Waals surface area contributed by atoms with Gasteiger partial charge in [-0.3, -0.25) is 14.7 Å². The number of nitrogens with zero attached hydrogens (tertiary/aromatic N) is 3. The number of rotatable bonds is 4. The fourth-order valence-corrected chi connectivity index (χ4v) is 4.49. The molecule has 0 saturated heterocycles. The van der Waals surface area contributed by atoms with Gasteiger partial charge in [0, 0.05) is 53.5 Å². The van der Waals surface area contributed by atoms with Gasteiger partial charge >= 0.3 is 0 Å². The lowest BCUT2D eigenvalue weighted by Crippen LogP contribution is -2.35. The number of aromatic nitrogens is 3. The molecule has 5 rings (SSSR count). The molecule has 6 nitrogen and oxygen atoms in total. The molecule has 0 saturated carbocycles. The molecule has 0 aliphatic carbocycles. The van der Waals surface area contributed by atoms with Crippen LogP contribution in [-0.4, -0.2) is 26.4 Å². The Hall–Kier alpha value is -3.29. The number of fused-ring (bicyclic) bond motifs is 1. The lowest BCUT2D eigenvalue weighted by Gasteiger charge is -2.27. The molecule has 1 aliphatic rings. The topological polar surface area (TPSA) is 87.9 Å². The minimum absolute atomic E-state index is 0.0751. The van der Waals surface area contributed by atoms with Crippen LogP contribution in [0.25, 0.3) is 22.6 Å². The molecule has 3 heterocycles. The van der Waals surface area contributed by atoms with E-state index in [1.54, 1.807) is 0 Å². The zero-order valence-electron chi connectivity index (χ0n) is 17.4. The molecule has 0 radical (unpaired) electrons. The lowest BCUT2D eigenvalue weighted by atomic mass is 10.1. The first-order valence-corrected chi connectivity index (χ1v) is 11.3. The normalized spacial score (nSPS) is 13.7. The van der Waals surface area contributed by atoms with E-state index in [1.807, 2.05) is 60.8 Å². The van der Waals surface area contributed by atoms with E-state index in [4.69, 9.17) is 10.7 Å². The van der Waals surface area contributed by atoms with E-state index in [0.29, 0.717) is 18.1 Å². The predicted molar refractivity (Wildman–Crippen MR) is 130 cm³/mol. The number of aromatic amines is 1. The lowest BCUT2D eigenvalue weighted by molar-refractivity contribution is 0.241. The van der Waals surface area contributed by atoms with Gasteiger partial charge in [-0.2, -0.15) is 0 Å². The maximum absolute atomic E-state index is 12.8. The number of nitrogens with two attached hydrogens (primary N) is 1. The Labute approximate surface area is 194 Å². The largest absolute Gasteiger partial charge is 0.399 e. The van der Waals surface area contributed by atoms with Gasteiger partial charge in [0.05, 0.1) is 17.0 Å². The van der Waals surface area contributed by atoms with Gasteiger partial charge in [0.1, 0.15) is 5.82 Å². The second-order valence-electron chi connectivity index (χ2n) is 7.95. The van der Waals surface area contributed by atoms with Crippen LogP contribution in [0.4, 0.5) is 5.69 Å². The molecule has 3 N–H and O–H groups in total. The number of hydrogen-bond acceptors (Lipinski definition) is 5. The van der Waals surface area contributed by atoms with Gasteiger partial charge in [0.2, 0.25) is 0 Å².